The van der Waals surface area contributed by atoms with Crippen LogP contribution in [-0.2, 0) is 4.79 Å². The summed E-state index contributed by atoms with van der Waals surface area (Å²) in [5.41, 5.74) is 4.88. The molecule has 7 heteroatoms. The van der Waals surface area contributed by atoms with Crippen molar-refractivity contribution in [2.75, 3.05) is 45.8 Å². The fourth-order valence-corrected chi connectivity index (χ4v) is 2.20. The lowest BCUT2D eigenvalue weighted by Gasteiger charge is -2.43. The third-order valence-corrected chi connectivity index (χ3v) is 3.31. The number of urea groups is 1. The maximum atomic E-state index is 11.3. The summed E-state index contributed by atoms with van der Waals surface area (Å²) in [4.78, 5) is 26.3. The van der Waals surface area contributed by atoms with Crippen LogP contribution in [0, 0.1) is 0 Å². The van der Waals surface area contributed by atoms with Gasteiger partial charge in [-0.2, -0.15) is 0 Å². The number of nitrogens with zero attached hydrogens (tertiary/aromatic N) is 2. The van der Waals surface area contributed by atoms with Gasteiger partial charge in [0.1, 0.15) is 0 Å². The van der Waals surface area contributed by atoms with Crippen LogP contribution >= 0.6 is 0 Å². The van der Waals surface area contributed by atoms with E-state index in [0.29, 0.717) is 6.04 Å². The van der Waals surface area contributed by atoms with Crippen molar-refractivity contribution in [2.45, 2.75) is 6.04 Å². The maximum absolute atomic E-state index is 11.3. The third-order valence-electron chi connectivity index (χ3n) is 3.31. The minimum atomic E-state index is -0.783. The Labute approximate surface area is 100 Å². The van der Waals surface area contributed by atoms with E-state index >= 15 is 0 Å². The molecule has 4 N–H and O–H groups in total. The van der Waals surface area contributed by atoms with Crippen LogP contribution in [0.25, 0.3) is 0 Å². The van der Waals surface area contributed by atoms with Crippen molar-refractivity contribution in [2.24, 2.45) is 5.73 Å². The molecule has 17 heavy (non-hydrogen) atoms. The first kappa shape index (κ1) is 12.3. The summed E-state index contributed by atoms with van der Waals surface area (Å²) < 4.78 is 0. The number of primary amides is 1. The van der Waals surface area contributed by atoms with Crippen LogP contribution < -0.4 is 16.4 Å². The van der Waals surface area contributed by atoms with Crippen LogP contribution in [0.4, 0.5) is 4.79 Å². The number of hydrogen-bond acceptors (Lipinski definition) is 5. The Balaban J connectivity index is 1.67. The van der Waals surface area contributed by atoms with Gasteiger partial charge in [0, 0.05) is 45.3 Å². The molecule has 2 saturated heterocycles. The smallest absolute Gasteiger partial charge is 0.318 e. The Morgan fingerprint density at radius 2 is 1.88 bits per heavy atom. The molecule has 0 bridgehead atoms. The van der Waals surface area contributed by atoms with E-state index < -0.39 is 6.03 Å². The van der Waals surface area contributed by atoms with Crippen molar-refractivity contribution in [1.29, 1.82) is 0 Å². The van der Waals surface area contributed by atoms with Crippen LogP contribution in [0.2, 0.25) is 0 Å². The van der Waals surface area contributed by atoms with Crippen molar-refractivity contribution >= 4 is 11.9 Å². The van der Waals surface area contributed by atoms with E-state index in [-0.39, 0.29) is 12.5 Å². The Bertz CT molecular complexity index is 297. The zero-order valence-corrected chi connectivity index (χ0v) is 9.82. The number of imide groups is 1. The highest BCUT2D eigenvalue weighted by molar-refractivity contribution is 5.94. The quantitative estimate of drug-likeness (QED) is 0.520. The van der Waals surface area contributed by atoms with Gasteiger partial charge in [0.2, 0.25) is 5.91 Å². The van der Waals surface area contributed by atoms with Crippen molar-refractivity contribution in [3.05, 3.63) is 0 Å². The van der Waals surface area contributed by atoms with Gasteiger partial charge in [0.25, 0.3) is 0 Å². The Kier molecular flexibility index (Phi) is 3.93. The maximum Gasteiger partial charge on any atom is 0.318 e. The summed E-state index contributed by atoms with van der Waals surface area (Å²) in [5.74, 6) is -0.323. The summed E-state index contributed by atoms with van der Waals surface area (Å²) in [7, 11) is 0. The zero-order valence-electron chi connectivity index (χ0n) is 9.82. The normalized spacial score (nSPS) is 23.1. The highest BCUT2D eigenvalue weighted by atomic mass is 16.2. The third kappa shape index (κ3) is 3.39. The first-order valence-electron chi connectivity index (χ1n) is 5.91. The number of hydrogen-bond donors (Lipinski definition) is 3. The lowest BCUT2D eigenvalue weighted by molar-refractivity contribution is -0.121. The van der Waals surface area contributed by atoms with E-state index in [2.05, 4.69) is 15.5 Å². The predicted octanol–water partition coefficient (Wildman–Crippen LogP) is -2.23. The minimum Gasteiger partial charge on any atom is -0.351 e. The van der Waals surface area contributed by atoms with Gasteiger partial charge >= 0.3 is 6.03 Å². The summed E-state index contributed by atoms with van der Waals surface area (Å²) in [5, 5.41) is 5.33. The molecule has 0 aromatic rings. The van der Waals surface area contributed by atoms with E-state index in [0.717, 1.165) is 39.3 Å². The van der Waals surface area contributed by atoms with E-state index in [1.807, 2.05) is 4.90 Å². The van der Waals surface area contributed by atoms with Crippen LogP contribution in [0.1, 0.15) is 0 Å². The van der Waals surface area contributed by atoms with Gasteiger partial charge in [0.05, 0.1) is 6.54 Å². The molecule has 0 radical (unpaired) electrons. The predicted molar refractivity (Wildman–Crippen MR) is 62.4 cm³/mol. The molecule has 0 spiro atoms. The largest absolute Gasteiger partial charge is 0.351 e. The van der Waals surface area contributed by atoms with E-state index in [1.54, 1.807) is 0 Å². The first-order chi connectivity index (χ1) is 8.15. The SMILES string of the molecule is NC(=O)NC(=O)CN1CCN(C2CNC2)CC1. The molecule has 7 nitrogen and oxygen atoms in total. The molecule has 2 heterocycles. The molecular formula is C10H19N5O2. The molecule has 3 amide bonds. The fourth-order valence-electron chi connectivity index (χ4n) is 2.20. The summed E-state index contributed by atoms with van der Waals surface area (Å²) in [6.45, 7) is 6.09. The van der Waals surface area contributed by atoms with Gasteiger partial charge < -0.3 is 11.1 Å². The summed E-state index contributed by atoms with van der Waals surface area (Å²) >= 11 is 0. The van der Waals surface area contributed by atoms with Gasteiger partial charge in [-0.1, -0.05) is 0 Å². The number of carbonyl (C=O) groups excluding carboxylic acids is 2. The van der Waals surface area contributed by atoms with Crippen LogP contribution in [0.3, 0.4) is 0 Å². The lowest BCUT2D eigenvalue weighted by atomic mass is 10.1. The molecule has 0 aromatic carbocycles. The molecule has 0 atom stereocenters. The number of piperazine rings is 1. The van der Waals surface area contributed by atoms with Crippen molar-refractivity contribution < 1.29 is 9.59 Å². The van der Waals surface area contributed by atoms with Gasteiger partial charge in [-0.05, 0) is 0 Å². The molecule has 2 rings (SSSR count). The zero-order chi connectivity index (χ0) is 12.3. The Morgan fingerprint density at radius 3 is 2.35 bits per heavy atom. The van der Waals surface area contributed by atoms with E-state index in [4.69, 9.17) is 5.73 Å². The van der Waals surface area contributed by atoms with Crippen molar-refractivity contribution in [3.8, 4) is 0 Å². The second-order valence-electron chi connectivity index (χ2n) is 4.54. The summed E-state index contributed by atoms with van der Waals surface area (Å²) in [6.07, 6.45) is 0. The average molecular weight is 241 g/mol. The molecule has 0 unspecified atom stereocenters. The standard InChI is InChI=1S/C10H19N5O2/c11-10(17)13-9(16)7-14-1-3-15(4-2-14)8-5-12-6-8/h8,12H,1-7H2,(H3,11,13,16,17). The van der Waals surface area contributed by atoms with Gasteiger partial charge in [0.15, 0.2) is 0 Å². The molecular weight excluding hydrogens is 222 g/mol. The topological polar surface area (TPSA) is 90.7 Å². The molecule has 2 fully saturated rings. The molecule has 0 aromatic heterocycles. The number of amides is 3. The molecule has 0 saturated carbocycles. The molecule has 0 aliphatic carbocycles. The molecule has 2 aliphatic heterocycles. The fraction of sp³-hybridized carbons (Fsp3) is 0.800. The Morgan fingerprint density at radius 1 is 1.24 bits per heavy atom. The Hall–Kier alpha value is -1.18. The van der Waals surface area contributed by atoms with Crippen molar-refractivity contribution in [1.82, 2.24) is 20.4 Å². The highest BCUT2D eigenvalue weighted by Crippen LogP contribution is 2.09. The average Bonchev–Trinajstić information content (AvgIpc) is 2.16. The van der Waals surface area contributed by atoms with Crippen LogP contribution in [-0.4, -0.2) is 73.6 Å². The second-order valence-corrected chi connectivity index (χ2v) is 4.54. The minimum absolute atomic E-state index is 0.250. The molecule has 96 valence electrons. The second kappa shape index (κ2) is 5.44. The number of nitrogens with one attached hydrogen (secondary N) is 2. The van der Waals surface area contributed by atoms with Crippen LogP contribution in [0.5, 0.6) is 0 Å². The van der Waals surface area contributed by atoms with Gasteiger partial charge in [-0.15, -0.1) is 0 Å². The lowest BCUT2D eigenvalue weighted by Crippen LogP contribution is -2.62. The van der Waals surface area contributed by atoms with Crippen molar-refractivity contribution in [3.63, 3.8) is 0 Å². The molecule has 2 aliphatic rings. The van der Waals surface area contributed by atoms with Gasteiger partial charge in [-0.25, -0.2) is 4.79 Å². The summed E-state index contributed by atoms with van der Waals surface area (Å²) in [6, 6.07) is -0.120. The number of rotatable bonds is 3. The highest BCUT2D eigenvalue weighted by Gasteiger charge is 2.28. The van der Waals surface area contributed by atoms with Crippen LogP contribution in [0.15, 0.2) is 0 Å². The monoisotopic (exact) mass is 241 g/mol. The van der Waals surface area contributed by atoms with E-state index in [1.165, 1.54) is 0 Å². The number of nitrogens with two attached hydrogens (primary N) is 1. The van der Waals surface area contributed by atoms with E-state index in [9.17, 15) is 9.59 Å². The first-order valence-corrected chi connectivity index (χ1v) is 5.91. The van der Waals surface area contributed by atoms with Gasteiger partial charge in [-0.3, -0.25) is 19.9 Å². The number of carbonyl (C=O) groups is 2.